The van der Waals surface area contributed by atoms with Crippen LogP contribution in [0.2, 0.25) is 5.02 Å². The molecule has 0 bridgehead atoms. The molecular weight excluding hydrogens is 406 g/mol. The lowest BCUT2D eigenvalue weighted by atomic mass is 10.1. The molecular formula is C22H26ClN3O4. The molecule has 0 saturated carbocycles. The number of nitrogens with one attached hydrogen (secondary N) is 1. The van der Waals surface area contributed by atoms with E-state index in [0.29, 0.717) is 47.1 Å². The number of carbonyl (C=O) groups excluding carboxylic acids is 1. The van der Waals surface area contributed by atoms with Crippen molar-refractivity contribution in [2.24, 2.45) is 7.05 Å². The molecule has 30 heavy (non-hydrogen) atoms. The van der Waals surface area contributed by atoms with Crippen molar-refractivity contribution in [1.82, 2.24) is 14.8 Å². The summed E-state index contributed by atoms with van der Waals surface area (Å²) >= 11 is 5.87. The van der Waals surface area contributed by atoms with Gasteiger partial charge >= 0.3 is 0 Å². The van der Waals surface area contributed by atoms with E-state index in [9.17, 15) is 14.7 Å². The Kier molecular flexibility index (Phi) is 6.97. The summed E-state index contributed by atoms with van der Waals surface area (Å²) in [7, 11) is 3.65. The molecule has 3 aromatic rings. The van der Waals surface area contributed by atoms with Crippen LogP contribution in [0, 0.1) is 0 Å². The van der Waals surface area contributed by atoms with E-state index in [-0.39, 0.29) is 17.8 Å². The van der Waals surface area contributed by atoms with E-state index in [2.05, 4.69) is 5.32 Å². The van der Waals surface area contributed by atoms with Gasteiger partial charge in [-0.15, -0.1) is 0 Å². The summed E-state index contributed by atoms with van der Waals surface area (Å²) in [6.45, 7) is 3.04. The van der Waals surface area contributed by atoms with Crippen molar-refractivity contribution < 1.29 is 14.3 Å². The number of amides is 1. The van der Waals surface area contributed by atoms with Gasteiger partial charge in [0, 0.05) is 36.9 Å². The Morgan fingerprint density at radius 2 is 2.03 bits per heavy atom. The minimum absolute atomic E-state index is 0.0152. The number of halogens is 1. The molecule has 1 unspecified atom stereocenters. The second kappa shape index (κ2) is 9.47. The van der Waals surface area contributed by atoms with Crippen LogP contribution in [0.4, 0.5) is 0 Å². The lowest BCUT2D eigenvalue weighted by Crippen LogP contribution is -2.27. The fourth-order valence-corrected chi connectivity index (χ4v) is 3.53. The first-order chi connectivity index (χ1) is 14.2. The first-order valence-electron chi connectivity index (χ1n) is 9.71. The molecule has 0 saturated heterocycles. The van der Waals surface area contributed by atoms with Crippen molar-refractivity contribution in [3.8, 4) is 0 Å². The van der Waals surface area contributed by atoms with E-state index >= 15 is 0 Å². The summed E-state index contributed by atoms with van der Waals surface area (Å²) in [6, 6.07) is 8.93. The Morgan fingerprint density at radius 1 is 1.33 bits per heavy atom. The van der Waals surface area contributed by atoms with Crippen LogP contribution < -0.4 is 10.7 Å². The molecule has 7 nitrogen and oxygen atoms in total. The lowest BCUT2D eigenvalue weighted by molar-refractivity contribution is -0.120. The van der Waals surface area contributed by atoms with Crippen LogP contribution in [0.1, 0.15) is 23.8 Å². The predicted molar refractivity (Wildman–Crippen MR) is 116 cm³/mol. The van der Waals surface area contributed by atoms with Gasteiger partial charge in [0.25, 0.3) is 0 Å². The molecule has 1 aromatic carbocycles. The average Bonchev–Trinajstić information content (AvgIpc) is 3.09. The van der Waals surface area contributed by atoms with E-state index in [1.807, 2.05) is 24.1 Å². The summed E-state index contributed by atoms with van der Waals surface area (Å²) in [6.07, 6.45) is 1.17. The number of rotatable bonds is 8. The smallest absolute Gasteiger partial charge is 0.224 e. The number of fused-ring (bicyclic) bond motifs is 1. The number of aliphatic hydroxyl groups excluding tert-OH is 1. The molecule has 3 rings (SSSR count). The maximum atomic E-state index is 12.9. The molecule has 1 atom stereocenters. The average molecular weight is 432 g/mol. The highest BCUT2D eigenvalue weighted by molar-refractivity contribution is 6.30. The molecule has 2 aromatic heterocycles. The predicted octanol–water partition coefficient (Wildman–Crippen LogP) is 2.46. The molecule has 0 aliphatic rings. The Hall–Kier alpha value is -2.61. The van der Waals surface area contributed by atoms with Gasteiger partial charge in [-0.25, -0.2) is 0 Å². The van der Waals surface area contributed by atoms with Crippen molar-refractivity contribution in [3.63, 3.8) is 0 Å². The Bertz CT molecular complexity index is 1090. The third kappa shape index (κ3) is 5.50. The first-order valence-corrected chi connectivity index (χ1v) is 10.1. The van der Waals surface area contributed by atoms with Gasteiger partial charge in [0.1, 0.15) is 5.76 Å². The highest BCUT2D eigenvalue weighted by Gasteiger charge is 2.16. The number of likely N-dealkylation sites (N-methyl/N-ethyl adjacent to an activating group) is 1. The number of pyridine rings is 1. The van der Waals surface area contributed by atoms with Gasteiger partial charge in [0.15, 0.2) is 5.43 Å². The van der Waals surface area contributed by atoms with Crippen molar-refractivity contribution >= 4 is 28.6 Å². The number of nitrogens with zero attached hydrogens (tertiary/aromatic N) is 2. The molecule has 0 aliphatic heterocycles. The zero-order chi connectivity index (χ0) is 21.8. The number of furan rings is 1. The van der Waals surface area contributed by atoms with Gasteiger partial charge in [-0.05, 0) is 37.7 Å². The molecule has 160 valence electrons. The topological polar surface area (TPSA) is 87.7 Å². The summed E-state index contributed by atoms with van der Waals surface area (Å²) < 4.78 is 7.55. The standard InChI is InChI=1S/C22H26ClN3O4/c1-14(27)11-25(2)13-18-9-19-21(29)16(12-26(3)22(19)30-18)8-20(28)24-10-15-4-6-17(23)7-5-15/h4-7,9,12,14,27H,8,10-11,13H2,1-3H3,(H,24,28). The molecule has 0 spiro atoms. The van der Waals surface area contributed by atoms with Crippen LogP contribution in [0.5, 0.6) is 0 Å². The highest BCUT2D eigenvalue weighted by Crippen LogP contribution is 2.18. The van der Waals surface area contributed by atoms with Crippen molar-refractivity contribution in [2.45, 2.75) is 32.5 Å². The fraction of sp³-hybridized carbons (Fsp3) is 0.364. The Morgan fingerprint density at radius 3 is 2.70 bits per heavy atom. The van der Waals surface area contributed by atoms with E-state index in [1.165, 1.54) is 0 Å². The van der Waals surface area contributed by atoms with Gasteiger partial charge in [0.05, 0.1) is 24.5 Å². The number of aromatic nitrogens is 1. The molecule has 2 N–H and O–H groups in total. The zero-order valence-corrected chi connectivity index (χ0v) is 18.1. The third-order valence-electron chi connectivity index (χ3n) is 4.73. The summed E-state index contributed by atoms with van der Waals surface area (Å²) in [5, 5.41) is 13.4. The first kappa shape index (κ1) is 22.1. The van der Waals surface area contributed by atoms with Gasteiger partial charge in [-0.3, -0.25) is 14.5 Å². The van der Waals surface area contributed by atoms with Crippen molar-refractivity contribution in [1.29, 1.82) is 0 Å². The second-order valence-corrected chi connectivity index (χ2v) is 8.09. The van der Waals surface area contributed by atoms with Gasteiger partial charge in [-0.1, -0.05) is 23.7 Å². The SMILES string of the molecule is CC(O)CN(C)Cc1cc2c(=O)c(CC(=O)NCc3ccc(Cl)cc3)cn(C)c2o1. The fourth-order valence-electron chi connectivity index (χ4n) is 3.40. The Labute approximate surface area is 179 Å². The van der Waals surface area contributed by atoms with Crippen LogP contribution in [-0.2, 0) is 31.4 Å². The van der Waals surface area contributed by atoms with E-state index in [1.54, 1.807) is 42.9 Å². The lowest BCUT2D eigenvalue weighted by Gasteiger charge is -2.16. The third-order valence-corrected chi connectivity index (χ3v) is 4.98. The molecule has 1 amide bonds. The van der Waals surface area contributed by atoms with Crippen LogP contribution >= 0.6 is 11.6 Å². The maximum Gasteiger partial charge on any atom is 0.224 e. The summed E-state index contributed by atoms with van der Waals surface area (Å²) in [5.74, 6) is 0.395. The molecule has 0 radical (unpaired) electrons. The van der Waals surface area contributed by atoms with Crippen LogP contribution in [-0.4, -0.2) is 40.2 Å². The maximum absolute atomic E-state index is 12.9. The molecule has 0 aliphatic carbocycles. The second-order valence-electron chi connectivity index (χ2n) is 7.65. The van der Waals surface area contributed by atoms with Crippen LogP contribution in [0.3, 0.4) is 0 Å². The Balaban J connectivity index is 1.72. The van der Waals surface area contributed by atoms with Crippen molar-refractivity contribution in [2.75, 3.05) is 13.6 Å². The van der Waals surface area contributed by atoms with E-state index in [4.69, 9.17) is 16.0 Å². The number of aryl methyl sites for hydroxylation is 1. The molecule has 0 fully saturated rings. The minimum Gasteiger partial charge on any atom is -0.443 e. The minimum atomic E-state index is -0.455. The van der Waals surface area contributed by atoms with E-state index < -0.39 is 6.10 Å². The highest BCUT2D eigenvalue weighted by atomic mass is 35.5. The van der Waals surface area contributed by atoms with Crippen molar-refractivity contribution in [3.05, 3.63) is 68.7 Å². The van der Waals surface area contributed by atoms with Gasteiger partial charge in [0.2, 0.25) is 11.6 Å². The quantitative estimate of drug-likeness (QED) is 0.572. The molecule has 8 heteroatoms. The molecule has 2 heterocycles. The largest absolute Gasteiger partial charge is 0.443 e. The number of aliphatic hydroxyl groups is 1. The number of hydrogen-bond donors (Lipinski definition) is 2. The normalized spacial score (nSPS) is 12.5. The number of carbonyl (C=O) groups is 1. The summed E-state index contributed by atoms with van der Waals surface area (Å²) in [4.78, 5) is 27.2. The van der Waals surface area contributed by atoms with Gasteiger partial charge in [-0.2, -0.15) is 0 Å². The zero-order valence-electron chi connectivity index (χ0n) is 17.3. The number of benzene rings is 1. The monoisotopic (exact) mass is 431 g/mol. The van der Waals surface area contributed by atoms with E-state index in [0.717, 1.165) is 5.56 Å². The number of hydrogen-bond acceptors (Lipinski definition) is 5. The summed E-state index contributed by atoms with van der Waals surface area (Å²) in [5.41, 5.74) is 1.59. The van der Waals surface area contributed by atoms with Crippen LogP contribution in [0.25, 0.3) is 11.1 Å². The van der Waals surface area contributed by atoms with Crippen LogP contribution in [0.15, 0.2) is 45.7 Å². The van der Waals surface area contributed by atoms with Gasteiger partial charge < -0.3 is 19.4 Å².